The molecule has 2 saturated heterocycles. The third kappa shape index (κ3) is 6.95. The first-order valence-electron chi connectivity index (χ1n) is 17.3. The molecule has 4 atom stereocenters. The molecule has 2 aliphatic carbocycles. The molecule has 7 rings (SSSR count). The molecule has 2 N–H and O–H groups in total. The summed E-state index contributed by atoms with van der Waals surface area (Å²) in [4.78, 5) is 50.9. The van der Waals surface area contributed by atoms with E-state index in [2.05, 4.69) is 69.9 Å². The number of piperidine rings is 2. The lowest BCUT2D eigenvalue weighted by Gasteiger charge is -2.36. The second-order valence-corrected chi connectivity index (χ2v) is 14.2. The number of amides is 3. The van der Waals surface area contributed by atoms with E-state index in [4.69, 9.17) is 0 Å². The zero-order chi connectivity index (χ0) is 33.5. The number of benzene rings is 2. The Hall–Kier alpha value is -4.31. The highest BCUT2D eigenvalue weighted by molar-refractivity contribution is 5.98. The molecule has 10 heteroatoms. The molecular formula is C38H45FN6O3. The van der Waals surface area contributed by atoms with Crippen molar-refractivity contribution in [2.45, 2.75) is 69.6 Å². The summed E-state index contributed by atoms with van der Waals surface area (Å²) in [5, 5.41) is 6.49. The topological polar surface area (TPSA) is 97.9 Å². The van der Waals surface area contributed by atoms with Gasteiger partial charge in [-0.15, -0.1) is 0 Å². The van der Waals surface area contributed by atoms with E-state index in [-0.39, 0.29) is 42.0 Å². The first-order valence-corrected chi connectivity index (χ1v) is 17.3. The quantitative estimate of drug-likeness (QED) is 0.323. The Balaban J connectivity index is 1.01. The second kappa shape index (κ2) is 13.3. The molecule has 2 saturated carbocycles. The highest BCUT2D eigenvalue weighted by Gasteiger charge is 2.56. The number of carbonyl (C=O) groups is 3. The van der Waals surface area contributed by atoms with Crippen LogP contribution in [0.4, 0.5) is 10.1 Å². The number of hydrogen-bond acceptors (Lipinski definition) is 6. The Labute approximate surface area is 281 Å². The number of halogens is 1. The fourth-order valence-electron chi connectivity index (χ4n) is 7.44. The number of fused-ring (bicyclic) bond motifs is 2. The molecule has 4 aliphatic rings. The molecule has 3 amide bonds. The lowest BCUT2D eigenvalue weighted by molar-refractivity contribution is -0.139. The third-order valence-electron chi connectivity index (χ3n) is 10.7. The molecule has 0 spiro atoms. The molecule has 9 nitrogen and oxygen atoms in total. The van der Waals surface area contributed by atoms with E-state index >= 15 is 0 Å². The van der Waals surface area contributed by atoms with Gasteiger partial charge in [0, 0.05) is 30.2 Å². The van der Waals surface area contributed by atoms with Crippen LogP contribution in [0, 0.1) is 17.7 Å². The van der Waals surface area contributed by atoms with Crippen LogP contribution in [0.1, 0.15) is 73.1 Å². The standard InChI is InChI=1S/C38H45FN6O3/c1-23(31-11-10-30(19-25(31)7-6-24-4-5-24)44(3)29-14-16-43(2)17-15-29)41-38(48)35-21-27-20-34(27)45(35)36(46)22-40-37(47)33-12-8-26-18-28(39)9-13-32(26)42-33/h6-13,18-19,23-24,27,29,34-35H,4-5,14-17,20-22H2,1-3H3,(H,40,47)(H,41,48)/b7-6+/t23-,27-,34-,35-/m0/s1. The Morgan fingerprint density at radius 1 is 1.04 bits per heavy atom. The predicted molar refractivity (Wildman–Crippen MR) is 185 cm³/mol. The van der Waals surface area contributed by atoms with Gasteiger partial charge in [0.1, 0.15) is 17.6 Å². The Bertz CT molecular complexity index is 1750. The van der Waals surface area contributed by atoms with Gasteiger partial charge in [0.05, 0.1) is 18.1 Å². The average molecular weight is 653 g/mol. The van der Waals surface area contributed by atoms with E-state index in [9.17, 15) is 18.8 Å². The van der Waals surface area contributed by atoms with Crippen molar-refractivity contribution >= 4 is 40.4 Å². The number of aromatic nitrogens is 1. The summed E-state index contributed by atoms with van der Waals surface area (Å²) in [6.07, 6.45) is 10.7. The maximum absolute atomic E-state index is 13.8. The van der Waals surface area contributed by atoms with E-state index in [1.165, 1.54) is 42.8 Å². The van der Waals surface area contributed by atoms with Gasteiger partial charge < -0.3 is 25.3 Å². The molecule has 4 fully saturated rings. The summed E-state index contributed by atoms with van der Waals surface area (Å²) in [5.74, 6) is -0.373. The van der Waals surface area contributed by atoms with E-state index in [1.807, 2.05) is 6.92 Å². The molecule has 2 aromatic carbocycles. The number of pyridine rings is 1. The molecule has 0 bridgehead atoms. The third-order valence-corrected chi connectivity index (χ3v) is 10.7. The molecule has 0 radical (unpaired) electrons. The normalized spacial score (nSPS) is 23.2. The summed E-state index contributed by atoms with van der Waals surface area (Å²) in [7, 11) is 4.37. The van der Waals surface area contributed by atoms with Gasteiger partial charge in [0.15, 0.2) is 0 Å². The maximum Gasteiger partial charge on any atom is 0.270 e. The van der Waals surface area contributed by atoms with Crippen LogP contribution < -0.4 is 15.5 Å². The van der Waals surface area contributed by atoms with Crippen LogP contribution in [-0.4, -0.2) is 84.4 Å². The number of rotatable bonds is 10. The van der Waals surface area contributed by atoms with Gasteiger partial charge in [-0.2, -0.15) is 0 Å². The molecule has 0 unspecified atom stereocenters. The van der Waals surface area contributed by atoms with Crippen molar-refractivity contribution in [3.05, 3.63) is 77.2 Å². The average Bonchev–Trinajstić information content (AvgIpc) is 4.03. The van der Waals surface area contributed by atoms with Crippen LogP contribution >= 0.6 is 0 Å². The van der Waals surface area contributed by atoms with Gasteiger partial charge in [-0.1, -0.05) is 24.3 Å². The minimum atomic E-state index is -0.574. The lowest BCUT2D eigenvalue weighted by Crippen LogP contribution is -2.51. The van der Waals surface area contributed by atoms with Crippen molar-refractivity contribution in [2.75, 3.05) is 38.6 Å². The van der Waals surface area contributed by atoms with Gasteiger partial charge in [-0.3, -0.25) is 14.4 Å². The molecule has 1 aromatic heterocycles. The van der Waals surface area contributed by atoms with Crippen LogP contribution in [-0.2, 0) is 9.59 Å². The number of allylic oxidation sites excluding steroid dienone is 1. The van der Waals surface area contributed by atoms with Crippen molar-refractivity contribution in [2.24, 2.45) is 11.8 Å². The van der Waals surface area contributed by atoms with Crippen LogP contribution in [0.5, 0.6) is 0 Å². The number of hydrogen-bond donors (Lipinski definition) is 2. The van der Waals surface area contributed by atoms with Gasteiger partial charge in [-0.05, 0) is 125 Å². The van der Waals surface area contributed by atoms with Gasteiger partial charge in [-0.25, -0.2) is 9.37 Å². The van der Waals surface area contributed by atoms with E-state index in [0.29, 0.717) is 35.2 Å². The van der Waals surface area contributed by atoms with Gasteiger partial charge in [0.2, 0.25) is 11.8 Å². The van der Waals surface area contributed by atoms with Crippen LogP contribution in [0.2, 0.25) is 0 Å². The largest absolute Gasteiger partial charge is 0.371 e. The number of nitrogens with zero attached hydrogens (tertiary/aromatic N) is 4. The predicted octanol–water partition coefficient (Wildman–Crippen LogP) is 4.92. The summed E-state index contributed by atoms with van der Waals surface area (Å²) < 4.78 is 13.5. The number of carbonyl (C=O) groups excluding carboxylic acids is 3. The lowest BCUT2D eigenvalue weighted by atomic mass is 9.97. The summed E-state index contributed by atoms with van der Waals surface area (Å²) in [5.41, 5.74) is 3.99. The molecule has 2 aliphatic heterocycles. The first-order chi connectivity index (χ1) is 23.1. The number of likely N-dealkylation sites (tertiary alicyclic amines) is 2. The molecular weight excluding hydrogens is 607 g/mol. The summed E-state index contributed by atoms with van der Waals surface area (Å²) in [6, 6.07) is 13.6. The summed E-state index contributed by atoms with van der Waals surface area (Å²) >= 11 is 0. The summed E-state index contributed by atoms with van der Waals surface area (Å²) in [6.45, 7) is 3.98. The van der Waals surface area contributed by atoms with Crippen LogP contribution in [0.3, 0.4) is 0 Å². The van der Waals surface area contributed by atoms with Crippen molar-refractivity contribution in [1.82, 2.24) is 25.4 Å². The van der Waals surface area contributed by atoms with Crippen molar-refractivity contribution < 1.29 is 18.8 Å². The molecule has 3 heterocycles. The Morgan fingerprint density at radius 2 is 1.83 bits per heavy atom. The monoisotopic (exact) mass is 652 g/mol. The van der Waals surface area contributed by atoms with Crippen LogP contribution in [0.25, 0.3) is 17.0 Å². The van der Waals surface area contributed by atoms with E-state index < -0.39 is 11.9 Å². The van der Waals surface area contributed by atoms with Gasteiger partial charge in [0.25, 0.3) is 5.91 Å². The highest BCUT2D eigenvalue weighted by Crippen LogP contribution is 2.48. The zero-order valence-electron chi connectivity index (χ0n) is 28.0. The van der Waals surface area contributed by atoms with E-state index in [1.54, 1.807) is 11.0 Å². The van der Waals surface area contributed by atoms with Crippen molar-refractivity contribution in [3.8, 4) is 0 Å². The smallest absolute Gasteiger partial charge is 0.270 e. The zero-order valence-corrected chi connectivity index (χ0v) is 28.0. The fraction of sp³-hybridized carbons (Fsp3) is 0.474. The molecule has 252 valence electrons. The minimum absolute atomic E-state index is 0.0283. The first kappa shape index (κ1) is 32.2. The highest BCUT2D eigenvalue weighted by atomic mass is 19.1. The molecule has 3 aromatic rings. The number of anilines is 1. The maximum atomic E-state index is 13.8. The van der Waals surface area contributed by atoms with Crippen molar-refractivity contribution in [1.29, 1.82) is 0 Å². The minimum Gasteiger partial charge on any atom is -0.371 e. The SMILES string of the molecule is C[C@H](NC(=O)[C@@H]1C[C@@H]2C[C@@H]2N1C(=O)CNC(=O)c1ccc2cc(F)ccc2n1)c1ccc(N(C)C2CCN(C)CC2)cc1/C=C/C1CC1. The second-order valence-electron chi connectivity index (χ2n) is 14.2. The Kier molecular flexibility index (Phi) is 8.94. The molecule has 48 heavy (non-hydrogen) atoms. The Morgan fingerprint density at radius 3 is 2.60 bits per heavy atom. The number of nitrogens with one attached hydrogen (secondary N) is 2. The van der Waals surface area contributed by atoms with Gasteiger partial charge >= 0.3 is 0 Å². The fourth-order valence-corrected chi connectivity index (χ4v) is 7.44. The van der Waals surface area contributed by atoms with Crippen LogP contribution in [0.15, 0.2) is 54.6 Å². The van der Waals surface area contributed by atoms with Crippen molar-refractivity contribution in [3.63, 3.8) is 0 Å². The van der Waals surface area contributed by atoms with E-state index in [0.717, 1.165) is 43.5 Å².